The molecule has 3 aromatic rings. The number of hydrogen-bond acceptors (Lipinski definition) is 2. The van der Waals surface area contributed by atoms with Gasteiger partial charge in [-0.05, 0) is 35.2 Å². The molecule has 0 radical (unpaired) electrons. The van der Waals surface area contributed by atoms with Gasteiger partial charge in [0.15, 0.2) is 0 Å². The van der Waals surface area contributed by atoms with E-state index < -0.39 is 0 Å². The van der Waals surface area contributed by atoms with Crippen LogP contribution in [0.1, 0.15) is 15.3 Å². The van der Waals surface area contributed by atoms with Gasteiger partial charge in [-0.15, -0.1) is 11.3 Å². The molecular weight excluding hydrogens is 320 g/mol. The molecule has 3 heteroatoms. The van der Waals surface area contributed by atoms with Crippen LogP contribution in [0.4, 0.5) is 0 Å². The molecule has 3 rings (SSSR count). The molecule has 2 aromatic carbocycles. The van der Waals surface area contributed by atoms with E-state index in [2.05, 4.69) is 58.4 Å². The Morgan fingerprint density at radius 2 is 1.79 bits per heavy atom. The summed E-state index contributed by atoms with van der Waals surface area (Å²) < 4.78 is 6.52. The number of alkyl halides is 1. The Balaban J connectivity index is 1.95. The van der Waals surface area contributed by atoms with E-state index in [1.807, 2.05) is 23.5 Å². The van der Waals surface area contributed by atoms with E-state index in [0.717, 1.165) is 5.75 Å². The summed E-state index contributed by atoms with van der Waals surface area (Å²) in [6.45, 7) is 0. The first kappa shape index (κ1) is 12.7. The maximum Gasteiger partial charge on any atom is 0.118 e. The van der Waals surface area contributed by atoms with Crippen molar-refractivity contribution in [1.82, 2.24) is 0 Å². The van der Waals surface area contributed by atoms with E-state index in [9.17, 15) is 0 Å². The van der Waals surface area contributed by atoms with Gasteiger partial charge in [-0.3, -0.25) is 0 Å². The van der Waals surface area contributed by atoms with E-state index in [0.29, 0.717) is 0 Å². The fraction of sp³-hybridized carbons (Fsp3) is 0.125. The minimum absolute atomic E-state index is 0.232. The van der Waals surface area contributed by atoms with Crippen LogP contribution in [0.15, 0.2) is 54.6 Å². The third-order valence-corrected chi connectivity index (χ3v) is 5.61. The topological polar surface area (TPSA) is 9.23 Å². The summed E-state index contributed by atoms with van der Waals surface area (Å²) in [4.78, 5) is 1.56. The Morgan fingerprint density at radius 1 is 1.05 bits per heavy atom. The van der Waals surface area contributed by atoms with E-state index in [4.69, 9.17) is 4.74 Å². The van der Waals surface area contributed by atoms with Gasteiger partial charge >= 0.3 is 0 Å². The number of benzene rings is 2. The second-order valence-corrected chi connectivity index (χ2v) is 6.35. The van der Waals surface area contributed by atoms with Crippen LogP contribution < -0.4 is 4.74 Å². The first-order valence-corrected chi connectivity index (χ1v) is 7.77. The van der Waals surface area contributed by atoms with Gasteiger partial charge in [-0.1, -0.05) is 46.3 Å². The normalized spacial score (nSPS) is 12.5. The number of fused-ring (bicyclic) bond motifs is 1. The lowest BCUT2D eigenvalue weighted by Crippen LogP contribution is -1.90. The average molecular weight is 333 g/mol. The molecule has 1 aromatic heterocycles. The number of hydrogen-bond donors (Lipinski definition) is 0. The molecular formula is C16H13BrOS. The number of rotatable bonds is 3. The van der Waals surface area contributed by atoms with E-state index in [-0.39, 0.29) is 4.83 Å². The summed E-state index contributed by atoms with van der Waals surface area (Å²) in [6, 6.07) is 18.9. The molecule has 0 aliphatic carbocycles. The third kappa shape index (κ3) is 2.53. The van der Waals surface area contributed by atoms with Crippen LogP contribution in [-0.2, 0) is 0 Å². The summed E-state index contributed by atoms with van der Waals surface area (Å²) in [7, 11) is 1.69. The van der Waals surface area contributed by atoms with Gasteiger partial charge in [0.05, 0.1) is 11.9 Å². The lowest BCUT2D eigenvalue weighted by atomic mass is 10.1. The first-order chi connectivity index (χ1) is 9.28. The molecule has 0 spiro atoms. The van der Waals surface area contributed by atoms with Crippen LogP contribution in [0, 0.1) is 0 Å². The summed E-state index contributed by atoms with van der Waals surface area (Å²) in [5, 5.41) is 1.31. The summed E-state index contributed by atoms with van der Waals surface area (Å²) in [6.07, 6.45) is 0. The summed E-state index contributed by atoms with van der Waals surface area (Å²) in [5.41, 5.74) is 1.24. The van der Waals surface area contributed by atoms with Crippen molar-refractivity contribution in [2.24, 2.45) is 0 Å². The van der Waals surface area contributed by atoms with Gasteiger partial charge in [0.1, 0.15) is 5.75 Å². The minimum atomic E-state index is 0.232. The highest BCUT2D eigenvalue weighted by atomic mass is 79.9. The SMILES string of the molecule is COc1ccc(C(Br)c2cc3ccccc3s2)cc1. The highest BCUT2D eigenvalue weighted by Gasteiger charge is 2.13. The van der Waals surface area contributed by atoms with Crippen molar-refractivity contribution in [3.8, 4) is 5.75 Å². The Bertz CT molecular complexity index is 654. The van der Waals surface area contributed by atoms with Crippen molar-refractivity contribution in [3.05, 3.63) is 65.0 Å². The lowest BCUT2D eigenvalue weighted by Gasteiger charge is -2.08. The second-order valence-electron chi connectivity index (χ2n) is 4.32. The molecule has 19 heavy (non-hydrogen) atoms. The highest BCUT2D eigenvalue weighted by Crippen LogP contribution is 2.38. The number of thiophene rings is 1. The third-order valence-electron chi connectivity index (χ3n) is 3.10. The molecule has 0 bridgehead atoms. The van der Waals surface area contributed by atoms with E-state index >= 15 is 0 Å². The molecule has 0 saturated carbocycles. The molecule has 0 fully saturated rings. The number of methoxy groups -OCH3 is 1. The highest BCUT2D eigenvalue weighted by molar-refractivity contribution is 9.09. The Kier molecular flexibility index (Phi) is 3.58. The van der Waals surface area contributed by atoms with Gasteiger partial charge in [-0.2, -0.15) is 0 Å². The van der Waals surface area contributed by atoms with Gasteiger partial charge in [0, 0.05) is 9.58 Å². The van der Waals surface area contributed by atoms with Crippen LogP contribution in [0.3, 0.4) is 0 Å². The molecule has 0 N–H and O–H groups in total. The Hall–Kier alpha value is -1.32. The van der Waals surface area contributed by atoms with Crippen LogP contribution >= 0.6 is 27.3 Å². The van der Waals surface area contributed by atoms with Crippen molar-refractivity contribution in [2.75, 3.05) is 7.11 Å². The van der Waals surface area contributed by atoms with Gasteiger partial charge in [0.2, 0.25) is 0 Å². The zero-order chi connectivity index (χ0) is 13.2. The summed E-state index contributed by atoms with van der Waals surface area (Å²) >= 11 is 5.62. The molecule has 1 heterocycles. The monoisotopic (exact) mass is 332 g/mol. The largest absolute Gasteiger partial charge is 0.497 e. The van der Waals surface area contributed by atoms with Crippen molar-refractivity contribution >= 4 is 37.4 Å². The number of ether oxygens (including phenoxy) is 1. The fourth-order valence-corrected chi connectivity index (χ4v) is 3.85. The van der Waals surface area contributed by atoms with Crippen molar-refractivity contribution in [1.29, 1.82) is 0 Å². The van der Waals surface area contributed by atoms with Crippen LogP contribution in [0.2, 0.25) is 0 Å². The zero-order valence-electron chi connectivity index (χ0n) is 10.5. The van der Waals surface area contributed by atoms with Crippen molar-refractivity contribution < 1.29 is 4.74 Å². The summed E-state index contributed by atoms with van der Waals surface area (Å²) in [5.74, 6) is 0.889. The molecule has 1 nitrogen and oxygen atoms in total. The minimum Gasteiger partial charge on any atom is -0.497 e. The standard InChI is InChI=1S/C16H13BrOS/c1-18-13-8-6-11(7-9-13)16(17)15-10-12-4-2-3-5-14(12)19-15/h2-10,16H,1H3. The molecule has 1 unspecified atom stereocenters. The maximum atomic E-state index is 5.19. The predicted octanol–water partition coefficient (Wildman–Crippen LogP) is 5.39. The average Bonchev–Trinajstić information content (AvgIpc) is 2.90. The van der Waals surface area contributed by atoms with Crippen LogP contribution in [-0.4, -0.2) is 7.11 Å². The van der Waals surface area contributed by atoms with Gasteiger partial charge < -0.3 is 4.74 Å². The van der Waals surface area contributed by atoms with Crippen LogP contribution in [0.5, 0.6) is 5.75 Å². The van der Waals surface area contributed by atoms with Crippen molar-refractivity contribution in [3.63, 3.8) is 0 Å². The molecule has 1 atom stereocenters. The number of halogens is 1. The fourth-order valence-electron chi connectivity index (χ4n) is 2.06. The smallest absolute Gasteiger partial charge is 0.118 e. The Labute approximate surface area is 125 Å². The van der Waals surface area contributed by atoms with E-state index in [1.54, 1.807) is 7.11 Å². The quantitative estimate of drug-likeness (QED) is 0.584. The second kappa shape index (κ2) is 5.35. The molecule has 0 aliphatic heterocycles. The molecule has 0 aliphatic rings. The maximum absolute atomic E-state index is 5.19. The van der Waals surface area contributed by atoms with Gasteiger partial charge in [0.25, 0.3) is 0 Å². The Morgan fingerprint density at radius 3 is 2.47 bits per heavy atom. The molecule has 0 amide bonds. The first-order valence-electron chi connectivity index (χ1n) is 6.04. The predicted molar refractivity (Wildman–Crippen MR) is 85.6 cm³/mol. The lowest BCUT2D eigenvalue weighted by molar-refractivity contribution is 0.414. The van der Waals surface area contributed by atoms with Crippen molar-refractivity contribution in [2.45, 2.75) is 4.83 Å². The molecule has 0 saturated heterocycles. The van der Waals surface area contributed by atoms with E-state index in [1.165, 1.54) is 20.5 Å². The van der Waals surface area contributed by atoms with Crippen LogP contribution in [0.25, 0.3) is 10.1 Å². The molecule has 96 valence electrons. The van der Waals surface area contributed by atoms with Gasteiger partial charge in [-0.25, -0.2) is 0 Å². The zero-order valence-corrected chi connectivity index (χ0v) is 12.9.